The standard InChI is InChI=1S/C17H24N2O3.ClH/c1-16(12-5-3-4-6-13(12)21-2)11-14(16)19-15(20)17(18)7-9-22-10-8-17;/h3-6,14H,7-11,18H2,1-2H3,(H,19,20);1H. The molecule has 1 saturated carbocycles. The molecule has 2 unspecified atom stereocenters. The Bertz CT molecular complexity index is 575. The maximum Gasteiger partial charge on any atom is 0.240 e. The zero-order valence-electron chi connectivity index (χ0n) is 13.6. The molecule has 23 heavy (non-hydrogen) atoms. The Hall–Kier alpha value is -1.30. The number of hydrogen-bond acceptors (Lipinski definition) is 4. The highest BCUT2D eigenvalue weighted by molar-refractivity contribution is 5.87. The molecular weight excluding hydrogens is 316 g/mol. The maximum absolute atomic E-state index is 12.5. The number of methoxy groups -OCH3 is 1. The van der Waals surface area contributed by atoms with Crippen LogP contribution in [-0.2, 0) is 14.9 Å². The van der Waals surface area contributed by atoms with Crippen LogP contribution in [0.25, 0.3) is 0 Å². The van der Waals surface area contributed by atoms with Crippen LogP contribution >= 0.6 is 12.4 Å². The minimum Gasteiger partial charge on any atom is -0.496 e. The summed E-state index contributed by atoms with van der Waals surface area (Å²) in [5.41, 5.74) is 6.52. The van der Waals surface area contributed by atoms with Gasteiger partial charge in [-0.2, -0.15) is 0 Å². The highest BCUT2D eigenvalue weighted by Gasteiger charge is 2.54. The minimum atomic E-state index is -0.789. The molecule has 0 spiro atoms. The van der Waals surface area contributed by atoms with E-state index in [4.69, 9.17) is 15.2 Å². The SMILES string of the molecule is COc1ccccc1C1(C)CC1NC(=O)C1(N)CCOCC1.Cl. The van der Waals surface area contributed by atoms with Gasteiger partial charge in [-0.1, -0.05) is 25.1 Å². The Morgan fingerprint density at radius 1 is 1.35 bits per heavy atom. The van der Waals surface area contributed by atoms with Crippen molar-refractivity contribution in [2.24, 2.45) is 5.73 Å². The van der Waals surface area contributed by atoms with E-state index in [2.05, 4.69) is 18.3 Å². The molecule has 0 bridgehead atoms. The van der Waals surface area contributed by atoms with Gasteiger partial charge in [0.15, 0.2) is 0 Å². The second kappa shape index (κ2) is 6.67. The van der Waals surface area contributed by atoms with E-state index in [0.717, 1.165) is 17.7 Å². The first kappa shape index (κ1) is 18.0. The molecule has 1 heterocycles. The predicted octanol–water partition coefficient (Wildman–Crippen LogP) is 1.77. The monoisotopic (exact) mass is 340 g/mol. The van der Waals surface area contributed by atoms with Gasteiger partial charge in [-0.3, -0.25) is 4.79 Å². The molecule has 1 saturated heterocycles. The summed E-state index contributed by atoms with van der Waals surface area (Å²) in [6, 6.07) is 8.10. The fourth-order valence-electron chi connectivity index (χ4n) is 3.25. The highest BCUT2D eigenvalue weighted by Crippen LogP contribution is 2.51. The Kier molecular flexibility index (Phi) is 5.23. The van der Waals surface area contributed by atoms with Gasteiger partial charge in [-0.15, -0.1) is 12.4 Å². The van der Waals surface area contributed by atoms with Crippen molar-refractivity contribution in [3.63, 3.8) is 0 Å². The molecule has 1 aliphatic heterocycles. The number of halogens is 1. The van der Waals surface area contributed by atoms with Crippen LogP contribution in [0.15, 0.2) is 24.3 Å². The molecule has 2 aliphatic rings. The normalized spacial score (nSPS) is 28.4. The van der Waals surface area contributed by atoms with Gasteiger partial charge in [0.25, 0.3) is 0 Å². The quantitative estimate of drug-likeness (QED) is 0.876. The average Bonchev–Trinajstić information content (AvgIpc) is 3.19. The number of nitrogens with two attached hydrogens (primary N) is 1. The van der Waals surface area contributed by atoms with Gasteiger partial charge >= 0.3 is 0 Å². The van der Waals surface area contributed by atoms with Crippen LogP contribution in [0.5, 0.6) is 5.75 Å². The lowest BCUT2D eigenvalue weighted by Crippen LogP contribution is -2.57. The molecule has 1 amide bonds. The van der Waals surface area contributed by atoms with Crippen molar-refractivity contribution >= 4 is 18.3 Å². The van der Waals surface area contributed by atoms with Gasteiger partial charge in [-0.25, -0.2) is 0 Å². The number of amides is 1. The molecular formula is C17H25ClN2O3. The number of nitrogens with one attached hydrogen (secondary N) is 1. The topological polar surface area (TPSA) is 73.6 Å². The zero-order valence-corrected chi connectivity index (χ0v) is 14.4. The molecule has 2 atom stereocenters. The average molecular weight is 341 g/mol. The van der Waals surface area contributed by atoms with Crippen molar-refractivity contribution in [3.05, 3.63) is 29.8 Å². The first-order valence-corrected chi connectivity index (χ1v) is 7.81. The van der Waals surface area contributed by atoms with E-state index in [1.54, 1.807) is 7.11 Å². The summed E-state index contributed by atoms with van der Waals surface area (Å²) in [5.74, 6) is 0.815. The first-order valence-electron chi connectivity index (χ1n) is 7.81. The third-order valence-corrected chi connectivity index (χ3v) is 5.10. The Morgan fingerprint density at radius 3 is 2.65 bits per heavy atom. The molecule has 3 N–H and O–H groups in total. The van der Waals surface area contributed by atoms with E-state index in [9.17, 15) is 4.79 Å². The van der Waals surface area contributed by atoms with Gasteiger partial charge in [0.05, 0.1) is 12.6 Å². The van der Waals surface area contributed by atoms with Crippen LogP contribution in [0, 0.1) is 0 Å². The van der Waals surface area contributed by atoms with Crippen LogP contribution in [0.1, 0.15) is 31.7 Å². The summed E-state index contributed by atoms with van der Waals surface area (Å²) in [6.45, 7) is 3.26. The van der Waals surface area contributed by atoms with Gasteiger partial charge in [0.1, 0.15) is 5.75 Å². The van der Waals surface area contributed by atoms with Gasteiger partial charge in [0, 0.05) is 30.2 Å². The van der Waals surface area contributed by atoms with Gasteiger partial charge in [0.2, 0.25) is 5.91 Å². The van der Waals surface area contributed by atoms with Crippen molar-refractivity contribution < 1.29 is 14.3 Å². The fraction of sp³-hybridized carbons (Fsp3) is 0.588. The van der Waals surface area contributed by atoms with E-state index in [1.165, 1.54) is 0 Å². The molecule has 5 nitrogen and oxygen atoms in total. The third-order valence-electron chi connectivity index (χ3n) is 5.10. The van der Waals surface area contributed by atoms with Crippen LogP contribution in [0.3, 0.4) is 0 Å². The summed E-state index contributed by atoms with van der Waals surface area (Å²) in [4.78, 5) is 12.5. The maximum atomic E-state index is 12.5. The molecule has 128 valence electrons. The third kappa shape index (κ3) is 3.32. The lowest BCUT2D eigenvalue weighted by molar-refractivity contribution is -0.130. The first-order chi connectivity index (χ1) is 10.5. The van der Waals surface area contributed by atoms with E-state index in [-0.39, 0.29) is 29.8 Å². The van der Waals surface area contributed by atoms with Crippen LogP contribution < -0.4 is 15.8 Å². The summed E-state index contributed by atoms with van der Waals surface area (Å²) >= 11 is 0. The van der Waals surface area contributed by atoms with Crippen molar-refractivity contribution in [2.45, 2.75) is 43.2 Å². The van der Waals surface area contributed by atoms with Crippen molar-refractivity contribution in [1.29, 1.82) is 0 Å². The Balaban J connectivity index is 0.00000192. The number of rotatable bonds is 4. The lowest BCUT2D eigenvalue weighted by atomic mass is 9.90. The minimum absolute atomic E-state index is 0. The molecule has 2 fully saturated rings. The summed E-state index contributed by atoms with van der Waals surface area (Å²) in [6.07, 6.45) is 2.07. The van der Waals surface area contributed by atoms with Crippen molar-refractivity contribution in [3.8, 4) is 5.75 Å². The molecule has 0 aromatic heterocycles. The van der Waals surface area contributed by atoms with Gasteiger partial charge < -0.3 is 20.5 Å². The number of carbonyl (C=O) groups is 1. The second-order valence-electron chi connectivity index (χ2n) is 6.62. The Morgan fingerprint density at radius 2 is 2.00 bits per heavy atom. The predicted molar refractivity (Wildman–Crippen MR) is 91.1 cm³/mol. The smallest absolute Gasteiger partial charge is 0.240 e. The summed E-state index contributed by atoms with van der Waals surface area (Å²) < 4.78 is 10.7. The molecule has 6 heteroatoms. The molecule has 3 rings (SSSR count). The van der Waals surface area contributed by atoms with Crippen LogP contribution in [-0.4, -0.2) is 37.8 Å². The molecule has 0 radical (unpaired) electrons. The zero-order chi connectivity index (χ0) is 15.8. The second-order valence-corrected chi connectivity index (χ2v) is 6.62. The van der Waals surface area contributed by atoms with Gasteiger partial charge in [-0.05, 0) is 25.3 Å². The van der Waals surface area contributed by atoms with E-state index < -0.39 is 5.54 Å². The molecule has 1 aromatic carbocycles. The van der Waals surface area contributed by atoms with Crippen LogP contribution in [0.4, 0.5) is 0 Å². The number of para-hydroxylation sites is 1. The number of carbonyl (C=O) groups excluding carboxylic acids is 1. The van der Waals surface area contributed by atoms with E-state index >= 15 is 0 Å². The van der Waals surface area contributed by atoms with Crippen molar-refractivity contribution in [1.82, 2.24) is 5.32 Å². The largest absolute Gasteiger partial charge is 0.496 e. The van der Waals surface area contributed by atoms with E-state index in [1.807, 2.05) is 18.2 Å². The Labute approximate surface area is 143 Å². The fourth-order valence-corrected chi connectivity index (χ4v) is 3.25. The highest BCUT2D eigenvalue weighted by atomic mass is 35.5. The number of hydrogen-bond donors (Lipinski definition) is 2. The van der Waals surface area contributed by atoms with E-state index in [0.29, 0.717) is 26.1 Å². The number of benzene rings is 1. The lowest BCUT2D eigenvalue weighted by Gasteiger charge is -2.32. The number of ether oxygens (including phenoxy) is 2. The van der Waals surface area contributed by atoms with Crippen LogP contribution in [0.2, 0.25) is 0 Å². The summed E-state index contributed by atoms with van der Waals surface area (Å²) in [5, 5.41) is 3.13. The molecule has 1 aliphatic carbocycles. The summed E-state index contributed by atoms with van der Waals surface area (Å²) in [7, 11) is 1.68. The molecule has 1 aromatic rings. The van der Waals surface area contributed by atoms with Crippen molar-refractivity contribution in [2.75, 3.05) is 20.3 Å².